The van der Waals surface area contributed by atoms with Crippen LogP contribution in [-0.4, -0.2) is 74.4 Å². The van der Waals surface area contributed by atoms with Gasteiger partial charge in [-0.05, 0) is 37.8 Å². The van der Waals surface area contributed by atoms with Gasteiger partial charge in [-0.25, -0.2) is 4.99 Å². The number of nitrogens with one attached hydrogen (secondary N) is 1. The van der Waals surface area contributed by atoms with Crippen LogP contribution in [0.3, 0.4) is 0 Å². The van der Waals surface area contributed by atoms with Crippen molar-refractivity contribution < 1.29 is 9.47 Å². The molecule has 1 N–H and O–H groups in total. The van der Waals surface area contributed by atoms with Crippen LogP contribution >= 0.6 is 0 Å². The van der Waals surface area contributed by atoms with Crippen LogP contribution < -0.4 is 5.32 Å². The molecule has 3 heterocycles. The van der Waals surface area contributed by atoms with E-state index in [0.29, 0.717) is 11.5 Å². The topological polar surface area (TPSA) is 49.3 Å². The van der Waals surface area contributed by atoms with Crippen molar-refractivity contribution in [1.82, 2.24) is 15.1 Å². The average Bonchev–Trinajstić information content (AvgIpc) is 3.35. The number of likely N-dealkylation sites (tertiary alicyclic amines) is 1. The van der Waals surface area contributed by atoms with E-state index in [1.165, 1.54) is 24.0 Å². The van der Waals surface area contributed by atoms with E-state index in [1.807, 2.05) is 0 Å². The van der Waals surface area contributed by atoms with Crippen molar-refractivity contribution in [3.63, 3.8) is 0 Å². The van der Waals surface area contributed by atoms with E-state index in [2.05, 4.69) is 53.2 Å². The molecule has 6 heteroatoms. The van der Waals surface area contributed by atoms with Crippen molar-refractivity contribution >= 4 is 5.96 Å². The lowest BCUT2D eigenvalue weighted by Gasteiger charge is -2.31. The molecule has 2 atom stereocenters. The fraction of sp³-hybridized carbons (Fsp3) is 0.696. The molecule has 0 aliphatic carbocycles. The monoisotopic (exact) mass is 400 g/mol. The molecule has 3 saturated heterocycles. The summed E-state index contributed by atoms with van der Waals surface area (Å²) in [5.41, 5.74) is 2.99. The Labute approximate surface area is 175 Å². The molecule has 3 aliphatic rings. The zero-order chi connectivity index (χ0) is 20.1. The molecule has 1 aromatic rings. The lowest BCUT2D eigenvalue weighted by atomic mass is 9.87. The predicted molar refractivity (Wildman–Crippen MR) is 116 cm³/mol. The number of morpholine rings is 1. The zero-order valence-electron chi connectivity index (χ0n) is 18.0. The number of nitrogens with zero attached hydrogens (tertiary/aromatic N) is 3. The summed E-state index contributed by atoms with van der Waals surface area (Å²) in [6.45, 7) is 13.7. The summed E-state index contributed by atoms with van der Waals surface area (Å²) in [7, 11) is 0. The summed E-state index contributed by atoms with van der Waals surface area (Å²) in [6.07, 6.45) is 2.73. The molecule has 3 fully saturated rings. The maximum atomic E-state index is 5.68. The van der Waals surface area contributed by atoms with Gasteiger partial charge in [0.15, 0.2) is 5.96 Å². The van der Waals surface area contributed by atoms with Crippen LogP contribution in [0.15, 0.2) is 29.3 Å². The van der Waals surface area contributed by atoms with Crippen LogP contribution in [0.4, 0.5) is 0 Å². The largest absolute Gasteiger partial charge is 0.381 e. The minimum Gasteiger partial charge on any atom is -0.381 e. The third-order valence-corrected chi connectivity index (χ3v) is 6.39. The number of hydrogen-bond donors (Lipinski definition) is 1. The van der Waals surface area contributed by atoms with Crippen molar-refractivity contribution in [2.45, 2.75) is 45.9 Å². The van der Waals surface area contributed by atoms with Gasteiger partial charge in [0.2, 0.25) is 0 Å². The van der Waals surface area contributed by atoms with Crippen molar-refractivity contribution in [2.24, 2.45) is 10.4 Å². The van der Waals surface area contributed by atoms with Gasteiger partial charge in [0.05, 0.1) is 25.9 Å². The van der Waals surface area contributed by atoms with Gasteiger partial charge in [-0.2, -0.15) is 0 Å². The Hall–Kier alpha value is -1.63. The summed E-state index contributed by atoms with van der Waals surface area (Å²) >= 11 is 0. The molecule has 160 valence electrons. The lowest BCUT2D eigenvalue weighted by molar-refractivity contribution is -0.0212. The quantitative estimate of drug-likeness (QED) is 0.608. The summed E-state index contributed by atoms with van der Waals surface area (Å²) < 4.78 is 11.3. The summed E-state index contributed by atoms with van der Waals surface area (Å²) in [5, 5.41) is 3.50. The third kappa shape index (κ3) is 5.30. The predicted octanol–water partition coefficient (Wildman–Crippen LogP) is 2.49. The lowest BCUT2D eigenvalue weighted by Crippen LogP contribution is -2.41. The molecule has 4 rings (SSSR count). The molecule has 0 saturated carbocycles. The van der Waals surface area contributed by atoms with Crippen LogP contribution in [0.25, 0.3) is 0 Å². The van der Waals surface area contributed by atoms with E-state index in [9.17, 15) is 0 Å². The normalized spacial score (nSPS) is 28.4. The highest BCUT2D eigenvalue weighted by Crippen LogP contribution is 2.38. The van der Waals surface area contributed by atoms with Gasteiger partial charge in [0.1, 0.15) is 0 Å². The Morgan fingerprint density at radius 2 is 2.14 bits per heavy atom. The number of hydrogen-bond acceptors (Lipinski definition) is 4. The van der Waals surface area contributed by atoms with Gasteiger partial charge in [-0.3, -0.25) is 4.90 Å². The Morgan fingerprint density at radius 1 is 1.24 bits per heavy atom. The number of aliphatic imine (C=N–C) groups is 1. The standard InChI is InChI=1S/C23H36N4O2/c1-3-24-22(27-9-7-23(17-27)8-11-28-18-23)25-14-20-5-4-6-21(13-20)16-26-10-12-29-19(2)15-26/h4-6,13,19H,3,7-12,14-18H2,1-2H3,(H,24,25). The molecule has 0 radical (unpaired) electrons. The molecular weight excluding hydrogens is 364 g/mol. The SMILES string of the molecule is CCNC(=NCc1cccc(CN2CCOC(C)C2)c1)N1CCC2(CCOC2)C1. The first-order valence-corrected chi connectivity index (χ1v) is 11.2. The van der Waals surface area contributed by atoms with Gasteiger partial charge in [0.25, 0.3) is 0 Å². The Kier molecular flexibility index (Phi) is 6.73. The zero-order valence-corrected chi connectivity index (χ0v) is 18.0. The average molecular weight is 401 g/mol. The Bertz CT molecular complexity index is 702. The molecular formula is C23H36N4O2. The smallest absolute Gasteiger partial charge is 0.194 e. The van der Waals surface area contributed by atoms with Crippen LogP contribution in [0.5, 0.6) is 0 Å². The van der Waals surface area contributed by atoms with E-state index in [-0.39, 0.29) is 0 Å². The van der Waals surface area contributed by atoms with E-state index in [0.717, 1.165) is 71.6 Å². The third-order valence-electron chi connectivity index (χ3n) is 6.39. The first kappa shape index (κ1) is 20.6. The van der Waals surface area contributed by atoms with Gasteiger partial charge in [0, 0.05) is 51.3 Å². The van der Waals surface area contributed by atoms with Gasteiger partial charge in [-0.15, -0.1) is 0 Å². The highest BCUT2D eigenvalue weighted by atomic mass is 16.5. The van der Waals surface area contributed by atoms with Crippen molar-refractivity contribution in [2.75, 3.05) is 52.5 Å². The molecule has 0 aromatic heterocycles. The number of guanidine groups is 1. The van der Waals surface area contributed by atoms with E-state index in [1.54, 1.807) is 0 Å². The van der Waals surface area contributed by atoms with Crippen LogP contribution in [0.2, 0.25) is 0 Å². The molecule has 3 aliphatic heterocycles. The Balaban J connectivity index is 1.38. The Morgan fingerprint density at radius 3 is 2.93 bits per heavy atom. The first-order chi connectivity index (χ1) is 14.2. The van der Waals surface area contributed by atoms with Crippen molar-refractivity contribution in [1.29, 1.82) is 0 Å². The number of rotatable bonds is 5. The molecule has 0 amide bonds. The minimum atomic E-state index is 0.327. The van der Waals surface area contributed by atoms with Crippen LogP contribution in [0, 0.1) is 5.41 Å². The van der Waals surface area contributed by atoms with Crippen molar-refractivity contribution in [3.8, 4) is 0 Å². The summed E-state index contributed by atoms with van der Waals surface area (Å²) in [5.74, 6) is 1.05. The van der Waals surface area contributed by atoms with Crippen LogP contribution in [-0.2, 0) is 22.6 Å². The first-order valence-electron chi connectivity index (χ1n) is 11.2. The second kappa shape index (κ2) is 9.45. The van der Waals surface area contributed by atoms with Gasteiger partial charge >= 0.3 is 0 Å². The highest BCUT2D eigenvalue weighted by Gasteiger charge is 2.42. The highest BCUT2D eigenvalue weighted by molar-refractivity contribution is 5.80. The summed E-state index contributed by atoms with van der Waals surface area (Å²) in [6, 6.07) is 8.89. The molecule has 1 aromatic carbocycles. The molecule has 0 bridgehead atoms. The maximum absolute atomic E-state index is 5.68. The molecule has 1 spiro atoms. The second-order valence-corrected chi connectivity index (χ2v) is 8.88. The van der Waals surface area contributed by atoms with E-state index in [4.69, 9.17) is 14.5 Å². The molecule has 2 unspecified atom stereocenters. The molecule has 6 nitrogen and oxygen atoms in total. The number of ether oxygens (including phenoxy) is 2. The van der Waals surface area contributed by atoms with E-state index >= 15 is 0 Å². The maximum Gasteiger partial charge on any atom is 0.194 e. The fourth-order valence-electron chi connectivity index (χ4n) is 4.80. The van der Waals surface area contributed by atoms with E-state index < -0.39 is 0 Å². The number of benzene rings is 1. The fourth-order valence-corrected chi connectivity index (χ4v) is 4.80. The van der Waals surface area contributed by atoms with Gasteiger partial charge in [-0.1, -0.05) is 24.3 Å². The van der Waals surface area contributed by atoms with Gasteiger partial charge < -0.3 is 19.7 Å². The second-order valence-electron chi connectivity index (χ2n) is 8.88. The molecule has 29 heavy (non-hydrogen) atoms. The minimum absolute atomic E-state index is 0.327. The van der Waals surface area contributed by atoms with Crippen molar-refractivity contribution in [3.05, 3.63) is 35.4 Å². The summed E-state index contributed by atoms with van der Waals surface area (Å²) in [4.78, 5) is 9.89. The van der Waals surface area contributed by atoms with Crippen LogP contribution in [0.1, 0.15) is 37.8 Å².